The number of likely N-dealkylation sites (tertiary alicyclic amines) is 1. The van der Waals surface area contributed by atoms with Crippen LogP contribution in [0.2, 0.25) is 0 Å². The zero-order chi connectivity index (χ0) is 18.8. The first-order valence-electron chi connectivity index (χ1n) is 8.66. The van der Waals surface area contributed by atoms with Gasteiger partial charge >= 0.3 is 6.18 Å². The Bertz CT molecular complexity index is 667. The van der Waals surface area contributed by atoms with Crippen molar-refractivity contribution in [2.75, 3.05) is 6.54 Å². The van der Waals surface area contributed by atoms with E-state index in [2.05, 4.69) is 6.92 Å². The lowest BCUT2D eigenvalue weighted by atomic mass is 9.95. The molecule has 0 aromatic carbocycles. The highest BCUT2D eigenvalue weighted by atomic mass is 19.4. The number of carbonyl (C=O) groups excluding carboxylic acids is 1. The molecule has 2 atom stereocenters. The van der Waals surface area contributed by atoms with Gasteiger partial charge in [-0.25, -0.2) is 0 Å². The first-order chi connectivity index (χ1) is 11.6. The summed E-state index contributed by atoms with van der Waals surface area (Å²) >= 11 is 0. The molecule has 0 saturated carbocycles. The zero-order valence-electron chi connectivity index (χ0n) is 14.8. The predicted octanol–water partition coefficient (Wildman–Crippen LogP) is 3.54. The van der Waals surface area contributed by atoms with E-state index in [0.717, 1.165) is 42.2 Å². The minimum atomic E-state index is -4.54. The summed E-state index contributed by atoms with van der Waals surface area (Å²) in [6.45, 7) is 6.44. The summed E-state index contributed by atoms with van der Waals surface area (Å²) in [5.74, 6) is 0.469. The van der Waals surface area contributed by atoms with Crippen molar-refractivity contribution in [3.63, 3.8) is 0 Å². The van der Waals surface area contributed by atoms with Crippen LogP contribution in [0, 0.1) is 11.8 Å². The van der Waals surface area contributed by atoms with Crippen LogP contribution < -0.4 is 5.56 Å². The summed E-state index contributed by atoms with van der Waals surface area (Å²) in [6.07, 6.45) is -1.05. The summed E-state index contributed by atoms with van der Waals surface area (Å²) in [7, 11) is 0. The summed E-state index contributed by atoms with van der Waals surface area (Å²) in [4.78, 5) is 26.4. The second-order valence-electron chi connectivity index (χ2n) is 7.25. The molecule has 0 bridgehead atoms. The van der Waals surface area contributed by atoms with Crippen molar-refractivity contribution in [1.29, 1.82) is 0 Å². The molecule has 1 aliphatic rings. The fraction of sp³-hybridized carbons (Fsp3) is 0.667. The summed E-state index contributed by atoms with van der Waals surface area (Å²) in [6, 6.07) is 1.66. The lowest BCUT2D eigenvalue weighted by molar-refractivity contribution is -0.139. The van der Waals surface area contributed by atoms with E-state index in [1.54, 1.807) is 4.90 Å². The molecule has 25 heavy (non-hydrogen) atoms. The number of amides is 1. The maximum absolute atomic E-state index is 12.8. The molecule has 0 spiro atoms. The molecule has 2 unspecified atom stereocenters. The first kappa shape index (κ1) is 19.5. The lowest BCUT2D eigenvalue weighted by Crippen LogP contribution is -2.45. The predicted molar refractivity (Wildman–Crippen MR) is 89.1 cm³/mol. The molecule has 0 aliphatic carbocycles. The van der Waals surface area contributed by atoms with Gasteiger partial charge in [-0.15, -0.1) is 0 Å². The Morgan fingerprint density at radius 3 is 2.52 bits per heavy atom. The third-order valence-electron chi connectivity index (χ3n) is 4.92. The number of hydrogen-bond donors (Lipinski definition) is 0. The Morgan fingerprint density at radius 2 is 1.92 bits per heavy atom. The number of alkyl halides is 3. The summed E-state index contributed by atoms with van der Waals surface area (Å²) < 4.78 is 39.4. The number of carbonyl (C=O) groups is 1. The number of hydrogen-bond acceptors (Lipinski definition) is 2. The number of aromatic nitrogens is 1. The second kappa shape index (κ2) is 7.62. The van der Waals surface area contributed by atoms with Crippen molar-refractivity contribution in [3.05, 3.63) is 34.2 Å². The van der Waals surface area contributed by atoms with E-state index in [4.69, 9.17) is 0 Å². The van der Waals surface area contributed by atoms with Crippen LogP contribution in [-0.2, 0) is 17.5 Å². The van der Waals surface area contributed by atoms with E-state index in [1.807, 2.05) is 13.8 Å². The van der Waals surface area contributed by atoms with Crippen molar-refractivity contribution >= 4 is 5.91 Å². The third-order valence-corrected chi connectivity index (χ3v) is 4.92. The largest absolute Gasteiger partial charge is 0.417 e. The molecular weight excluding hydrogens is 333 g/mol. The number of halogens is 3. The topological polar surface area (TPSA) is 42.3 Å². The van der Waals surface area contributed by atoms with Gasteiger partial charge in [-0.05, 0) is 37.2 Å². The van der Waals surface area contributed by atoms with Crippen LogP contribution in [-0.4, -0.2) is 28.0 Å². The van der Waals surface area contributed by atoms with Gasteiger partial charge in [0.25, 0.3) is 5.56 Å². The molecule has 1 saturated heterocycles. The molecule has 1 aromatic rings. The highest BCUT2D eigenvalue weighted by molar-refractivity contribution is 5.76. The molecule has 140 valence electrons. The molecule has 4 nitrogen and oxygen atoms in total. The third kappa shape index (κ3) is 4.86. The fourth-order valence-corrected chi connectivity index (χ4v) is 3.34. The molecule has 1 fully saturated rings. The monoisotopic (exact) mass is 358 g/mol. The number of nitrogens with zero attached hydrogens (tertiary/aromatic N) is 2. The van der Waals surface area contributed by atoms with Crippen molar-refractivity contribution < 1.29 is 18.0 Å². The normalized spacial score (nSPS) is 22.1. The minimum Gasteiger partial charge on any atom is -0.338 e. The molecular formula is C18H25F3N2O2. The van der Waals surface area contributed by atoms with Crippen LogP contribution in [0.4, 0.5) is 13.2 Å². The molecule has 1 aliphatic heterocycles. The second-order valence-corrected chi connectivity index (χ2v) is 7.25. The van der Waals surface area contributed by atoms with Gasteiger partial charge in [-0.1, -0.05) is 20.8 Å². The maximum Gasteiger partial charge on any atom is 0.417 e. The fourth-order valence-electron chi connectivity index (χ4n) is 3.34. The number of rotatable bonds is 3. The van der Waals surface area contributed by atoms with Crippen LogP contribution >= 0.6 is 0 Å². The van der Waals surface area contributed by atoms with Gasteiger partial charge in [0.2, 0.25) is 5.91 Å². The zero-order valence-corrected chi connectivity index (χ0v) is 14.8. The highest BCUT2D eigenvalue weighted by Crippen LogP contribution is 2.28. The van der Waals surface area contributed by atoms with Gasteiger partial charge in [0.05, 0.1) is 5.56 Å². The van der Waals surface area contributed by atoms with Gasteiger partial charge in [0.1, 0.15) is 6.54 Å². The average molecular weight is 358 g/mol. The van der Waals surface area contributed by atoms with Crippen LogP contribution in [0.25, 0.3) is 0 Å². The average Bonchev–Trinajstić information content (AvgIpc) is 2.70. The van der Waals surface area contributed by atoms with Gasteiger partial charge in [-0.2, -0.15) is 13.2 Å². The van der Waals surface area contributed by atoms with E-state index in [9.17, 15) is 22.8 Å². The van der Waals surface area contributed by atoms with E-state index in [1.165, 1.54) is 0 Å². The summed E-state index contributed by atoms with van der Waals surface area (Å²) in [5, 5.41) is 0. The van der Waals surface area contributed by atoms with E-state index in [-0.39, 0.29) is 24.4 Å². The van der Waals surface area contributed by atoms with E-state index in [0.29, 0.717) is 12.5 Å². The quantitative estimate of drug-likeness (QED) is 0.829. The van der Waals surface area contributed by atoms with Gasteiger partial charge in [0.15, 0.2) is 0 Å². The molecule has 1 aromatic heterocycles. The van der Waals surface area contributed by atoms with Crippen LogP contribution in [0.3, 0.4) is 0 Å². The van der Waals surface area contributed by atoms with Gasteiger partial charge in [0, 0.05) is 24.8 Å². The molecule has 2 rings (SSSR count). The SMILES string of the molecule is CC1CCC(C(C)C)N(C(=O)Cn2cc(C(F)(F)F)ccc2=O)CC1. The Balaban J connectivity index is 2.24. The highest BCUT2D eigenvalue weighted by Gasteiger charge is 2.32. The van der Waals surface area contributed by atoms with Crippen LogP contribution in [0.1, 0.15) is 45.6 Å². The Kier molecular flexibility index (Phi) is 5.95. The first-order valence-corrected chi connectivity index (χ1v) is 8.66. The van der Waals surface area contributed by atoms with Crippen LogP contribution in [0.15, 0.2) is 23.1 Å². The molecule has 0 N–H and O–H groups in total. The molecule has 2 heterocycles. The van der Waals surface area contributed by atoms with Crippen LogP contribution in [0.5, 0.6) is 0 Å². The summed E-state index contributed by atoms with van der Waals surface area (Å²) in [5.41, 5.74) is -1.53. The maximum atomic E-state index is 12.8. The van der Waals surface area contributed by atoms with E-state index < -0.39 is 17.3 Å². The molecule has 1 amide bonds. The molecule has 7 heteroatoms. The lowest BCUT2D eigenvalue weighted by Gasteiger charge is -2.33. The van der Waals surface area contributed by atoms with Crippen molar-refractivity contribution in [2.24, 2.45) is 11.8 Å². The Morgan fingerprint density at radius 1 is 1.24 bits per heavy atom. The van der Waals surface area contributed by atoms with Gasteiger partial charge in [-0.3, -0.25) is 9.59 Å². The smallest absolute Gasteiger partial charge is 0.338 e. The standard InChI is InChI=1S/C18H25F3N2O2/c1-12(2)15-6-4-13(3)8-9-23(15)17(25)11-22-10-14(18(19,20)21)5-7-16(22)24/h5,7,10,12-13,15H,4,6,8-9,11H2,1-3H3. The van der Waals surface area contributed by atoms with Crippen molar-refractivity contribution in [1.82, 2.24) is 9.47 Å². The number of pyridine rings is 1. The minimum absolute atomic E-state index is 0.0546. The molecule has 0 radical (unpaired) electrons. The Labute approximate surface area is 145 Å². The van der Waals surface area contributed by atoms with Crippen molar-refractivity contribution in [3.8, 4) is 0 Å². The van der Waals surface area contributed by atoms with Gasteiger partial charge < -0.3 is 9.47 Å². The van der Waals surface area contributed by atoms with E-state index >= 15 is 0 Å². The Hall–Kier alpha value is -1.79. The van der Waals surface area contributed by atoms with Crippen molar-refractivity contribution in [2.45, 2.75) is 58.8 Å².